The molecule has 0 bridgehead atoms. The first-order valence-corrected chi connectivity index (χ1v) is 20.4. The van der Waals surface area contributed by atoms with Gasteiger partial charge in [0.2, 0.25) is 0 Å². The van der Waals surface area contributed by atoms with Gasteiger partial charge in [-0.15, -0.1) is 11.3 Å². The number of para-hydroxylation sites is 2. The Labute approximate surface area is 338 Å². The molecule has 3 heterocycles. The van der Waals surface area contributed by atoms with Crippen LogP contribution in [0.3, 0.4) is 0 Å². The van der Waals surface area contributed by atoms with Crippen LogP contribution >= 0.6 is 11.3 Å². The Morgan fingerprint density at radius 2 is 0.931 bits per heavy atom. The first kappa shape index (κ1) is 32.8. The lowest BCUT2D eigenvalue weighted by Crippen LogP contribution is -2.09. The molecule has 4 heteroatoms. The number of furan rings is 2. The summed E-state index contributed by atoms with van der Waals surface area (Å²) in [5.74, 6) is 0. The summed E-state index contributed by atoms with van der Waals surface area (Å²) in [6.45, 7) is 0. The maximum absolute atomic E-state index is 6.49. The molecule has 0 saturated heterocycles. The molecule has 3 nitrogen and oxygen atoms in total. The highest BCUT2D eigenvalue weighted by molar-refractivity contribution is 7.25. The van der Waals surface area contributed by atoms with Gasteiger partial charge < -0.3 is 13.7 Å². The van der Waals surface area contributed by atoms with Crippen LogP contribution in [0.1, 0.15) is 0 Å². The Bertz CT molecular complexity index is 3500. The van der Waals surface area contributed by atoms with Crippen molar-refractivity contribution in [1.29, 1.82) is 0 Å². The van der Waals surface area contributed by atoms with Gasteiger partial charge in [0.25, 0.3) is 0 Å². The molecule has 0 aliphatic heterocycles. The fourth-order valence-electron chi connectivity index (χ4n) is 8.73. The number of hydrogen-bond donors (Lipinski definition) is 0. The van der Waals surface area contributed by atoms with Gasteiger partial charge in [-0.3, -0.25) is 0 Å². The number of thiophene rings is 1. The monoisotopic (exact) mass is 759 g/mol. The van der Waals surface area contributed by atoms with E-state index in [2.05, 4.69) is 187 Å². The number of hydrogen-bond acceptors (Lipinski definition) is 4. The van der Waals surface area contributed by atoms with Crippen molar-refractivity contribution < 1.29 is 8.83 Å². The van der Waals surface area contributed by atoms with Crippen LogP contribution in [-0.2, 0) is 0 Å². The number of benzene rings is 9. The molecule has 0 fully saturated rings. The van der Waals surface area contributed by atoms with Crippen LogP contribution in [0.25, 0.3) is 97.4 Å². The van der Waals surface area contributed by atoms with Crippen molar-refractivity contribution in [1.82, 2.24) is 0 Å². The molecule has 0 atom stereocenters. The van der Waals surface area contributed by atoms with Gasteiger partial charge in [-0.1, -0.05) is 127 Å². The van der Waals surface area contributed by atoms with Crippen LogP contribution in [0, 0.1) is 0 Å². The van der Waals surface area contributed by atoms with E-state index in [0.717, 1.165) is 83.2 Å². The quantitative estimate of drug-likeness (QED) is 0.169. The van der Waals surface area contributed by atoms with Crippen molar-refractivity contribution in [3.05, 3.63) is 200 Å². The predicted octanol–water partition coefficient (Wildman–Crippen LogP) is 16.3. The van der Waals surface area contributed by atoms with Crippen LogP contribution in [0.4, 0.5) is 17.1 Å². The highest BCUT2D eigenvalue weighted by atomic mass is 32.1. The minimum atomic E-state index is 0.865. The lowest BCUT2D eigenvalue weighted by Gasteiger charge is -2.26. The first-order valence-electron chi connectivity index (χ1n) is 19.6. The van der Waals surface area contributed by atoms with Crippen molar-refractivity contribution in [3.63, 3.8) is 0 Å². The first-order chi connectivity index (χ1) is 28.7. The van der Waals surface area contributed by atoms with E-state index >= 15 is 0 Å². The predicted molar refractivity (Wildman–Crippen MR) is 245 cm³/mol. The van der Waals surface area contributed by atoms with E-state index in [1.807, 2.05) is 29.5 Å². The third-order valence-corrected chi connectivity index (χ3v) is 12.6. The lowest BCUT2D eigenvalue weighted by molar-refractivity contribution is 0.669. The fraction of sp³-hybridized carbons (Fsp3) is 0. The molecule has 0 N–H and O–H groups in total. The van der Waals surface area contributed by atoms with Crippen LogP contribution in [-0.4, -0.2) is 0 Å². The molecule has 12 aromatic rings. The molecule has 0 spiro atoms. The van der Waals surface area contributed by atoms with Gasteiger partial charge in [0.1, 0.15) is 22.3 Å². The zero-order valence-corrected chi connectivity index (χ0v) is 32.0. The summed E-state index contributed by atoms with van der Waals surface area (Å²) in [4.78, 5) is 2.32. The summed E-state index contributed by atoms with van der Waals surface area (Å²) in [5.41, 5.74) is 13.7. The van der Waals surface area contributed by atoms with Gasteiger partial charge in [-0.05, 0) is 94.5 Å². The number of fused-ring (bicyclic) bond motifs is 9. The summed E-state index contributed by atoms with van der Waals surface area (Å²) in [5, 5.41) is 7.09. The molecule has 0 radical (unpaired) electrons. The number of nitrogens with zero attached hydrogens (tertiary/aromatic N) is 1. The Morgan fingerprint density at radius 1 is 0.328 bits per heavy atom. The summed E-state index contributed by atoms with van der Waals surface area (Å²) in [6, 6.07) is 71.4. The van der Waals surface area contributed by atoms with E-state index in [1.54, 1.807) is 0 Å². The van der Waals surface area contributed by atoms with E-state index in [-0.39, 0.29) is 0 Å². The van der Waals surface area contributed by atoms with Crippen molar-refractivity contribution >= 4 is 92.4 Å². The number of rotatable bonds is 6. The maximum atomic E-state index is 6.49. The molecule has 0 aliphatic rings. The zero-order valence-electron chi connectivity index (χ0n) is 31.2. The summed E-state index contributed by atoms with van der Waals surface area (Å²) < 4.78 is 15.5. The van der Waals surface area contributed by atoms with Crippen LogP contribution < -0.4 is 4.90 Å². The smallest absolute Gasteiger partial charge is 0.143 e. The average Bonchev–Trinajstić information content (AvgIpc) is 3.98. The second-order valence-corrected chi connectivity index (χ2v) is 15.9. The highest BCUT2D eigenvalue weighted by Crippen LogP contribution is 2.43. The minimum absolute atomic E-state index is 0.865. The van der Waals surface area contributed by atoms with Gasteiger partial charge in [0.15, 0.2) is 0 Å². The molecule has 272 valence electrons. The van der Waals surface area contributed by atoms with E-state index in [4.69, 9.17) is 8.83 Å². The summed E-state index contributed by atoms with van der Waals surface area (Å²) in [7, 11) is 0. The molecular weight excluding hydrogens is 727 g/mol. The SMILES string of the molecule is c1ccc(-c2cccc3c2oc2ccc(-c4ccc(N(c5ccc(-c6cccc7sc8ccccc8c67)cc5)c5ccc6c(c5)oc5ccccc56)cc4)cc23)cc1. The Kier molecular flexibility index (Phi) is 7.40. The maximum Gasteiger partial charge on any atom is 0.143 e. The lowest BCUT2D eigenvalue weighted by atomic mass is 9.99. The van der Waals surface area contributed by atoms with Crippen LogP contribution in [0.15, 0.2) is 209 Å². The van der Waals surface area contributed by atoms with Crippen molar-refractivity contribution in [2.24, 2.45) is 0 Å². The standard InChI is InChI=1S/C54H33NO2S/c1-2-10-35(11-3-1)42-15-8-16-45-47-32-37(24-31-49(47)57-54(42)45)34-20-25-38(26-21-34)55(40-29-30-44-43-12-4-6-17-48(43)56-50(44)33-40)39-27-22-36(23-28-39)41-14-9-19-52-53(41)46-13-5-7-18-51(46)58-52/h1-33H. The number of anilines is 3. The van der Waals surface area contributed by atoms with Gasteiger partial charge in [0, 0.05) is 70.4 Å². The second kappa shape index (κ2) is 13.1. The van der Waals surface area contributed by atoms with Gasteiger partial charge >= 0.3 is 0 Å². The Morgan fingerprint density at radius 3 is 1.78 bits per heavy atom. The average molecular weight is 760 g/mol. The van der Waals surface area contributed by atoms with E-state index in [9.17, 15) is 0 Å². The van der Waals surface area contributed by atoms with Crippen LogP contribution in [0.2, 0.25) is 0 Å². The van der Waals surface area contributed by atoms with E-state index in [0.29, 0.717) is 0 Å². The third kappa shape index (κ3) is 5.27. The zero-order chi connectivity index (χ0) is 38.2. The van der Waals surface area contributed by atoms with E-state index < -0.39 is 0 Å². The molecule has 0 saturated carbocycles. The third-order valence-electron chi connectivity index (χ3n) is 11.5. The molecule has 0 amide bonds. The van der Waals surface area contributed by atoms with Crippen molar-refractivity contribution in [3.8, 4) is 33.4 Å². The Balaban J connectivity index is 0.952. The van der Waals surface area contributed by atoms with Crippen LogP contribution in [0.5, 0.6) is 0 Å². The molecule has 0 unspecified atom stereocenters. The molecule has 3 aromatic heterocycles. The van der Waals surface area contributed by atoms with Gasteiger partial charge in [0.05, 0.1) is 0 Å². The van der Waals surface area contributed by atoms with Gasteiger partial charge in [-0.25, -0.2) is 0 Å². The highest BCUT2D eigenvalue weighted by Gasteiger charge is 2.18. The molecule has 0 aliphatic carbocycles. The normalized spacial score (nSPS) is 11.8. The summed E-state index contributed by atoms with van der Waals surface area (Å²) >= 11 is 1.85. The summed E-state index contributed by atoms with van der Waals surface area (Å²) in [6.07, 6.45) is 0. The molecule has 12 rings (SSSR count). The van der Waals surface area contributed by atoms with Crippen molar-refractivity contribution in [2.45, 2.75) is 0 Å². The largest absolute Gasteiger partial charge is 0.456 e. The molecular formula is C54H33NO2S. The van der Waals surface area contributed by atoms with E-state index in [1.165, 1.54) is 31.3 Å². The topological polar surface area (TPSA) is 29.5 Å². The van der Waals surface area contributed by atoms with Crippen molar-refractivity contribution in [2.75, 3.05) is 4.90 Å². The minimum Gasteiger partial charge on any atom is -0.456 e. The fourth-order valence-corrected chi connectivity index (χ4v) is 9.86. The Hall–Kier alpha value is -7.40. The second-order valence-electron chi connectivity index (χ2n) is 14.8. The molecule has 9 aromatic carbocycles. The van der Waals surface area contributed by atoms with Gasteiger partial charge in [-0.2, -0.15) is 0 Å². The molecule has 58 heavy (non-hydrogen) atoms.